The SMILES string of the molecule is CCOC1CCN(C(=O)C(c2cccc(C)c2)N(C)C)CC1. The molecule has 4 nitrogen and oxygen atoms in total. The van der Waals surface area contributed by atoms with Gasteiger partial charge >= 0.3 is 0 Å². The average molecular weight is 304 g/mol. The summed E-state index contributed by atoms with van der Waals surface area (Å²) in [6, 6.07) is 8.03. The fraction of sp³-hybridized carbons (Fsp3) is 0.611. The molecule has 1 aromatic carbocycles. The zero-order chi connectivity index (χ0) is 16.1. The first-order valence-electron chi connectivity index (χ1n) is 8.16. The highest BCUT2D eigenvalue weighted by Crippen LogP contribution is 2.24. The van der Waals surface area contributed by atoms with Crippen LogP contribution in [0.15, 0.2) is 24.3 Å². The van der Waals surface area contributed by atoms with Crippen molar-refractivity contribution in [2.75, 3.05) is 33.8 Å². The molecule has 1 aromatic rings. The molecule has 0 saturated carbocycles. The number of likely N-dealkylation sites (N-methyl/N-ethyl adjacent to an activating group) is 1. The van der Waals surface area contributed by atoms with E-state index < -0.39 is 0 Å². The van der Waals surface area contributed by atoms with Crippen LogP contribution in [0.3, 0.4) is 0 Å². The van der Waals surface area contributed by atoms with Crippen molar-refractivity contribution in [3.05, 3.63) is 35.4 Å². The number of hydrogen-bond acceptors (Lipinski definition) is 3. The Labute approximate surface area is 134 Å². The molecule has 2 rings (SSSR count). The van der Waals surface area contributed by atoms with Crippen LogP contribution in [-0.2, 0) is 9.53 Å². The summed E-state index contributed by atoms with van der Waals surface area (Å²) >= 11 is 0. The van der Waals surface area contributed by atoms with Crippen molar-refractivity contribution in [1.29, 1.82) is 0 Å². The summed E-state index contributed by atoms with van der Waals surface area (Å²) in [7, 11) is 3.94. The summed E-state index contributed by atoms with van der Waals surface area (Å²) in [5.74, 6) is 0.200. The first-order valence-corrected chi connectivity index (χ1v) is 8.16. The Morgan fingerprint density at radius 3 is 2.59 bits per heavy atom. The fourth-order valence-electron chi connectivity index (χ4n) is 3.15. The molecule has 1 saturated heterocycles. The topological polar surface area (TPSA) is 32.8 Å². The van der Waals surface area contributed by atoms with Gasteiger partial charge in [0, 0.05) is 19.7 Å². The van der Waals surface area contributed by atoms with Crippen LogP contribution in [0.25, 0.3) is 0 Å². The maximum Gasteiger partial charge on any atom is 0.244 e. The van der Waals surface area contributed by atoms with E-state index in [1.54, 1.807) is 0 Å². The second kappa shape index (κ2) is 7.75. The highest BCUT2D eigenvalue weighted by Gasteiger charge is 2.30. The van der Waals surface area contributed by atoms with Gasteiger partial charge in [0.1, 0.15) is 6.04 Å². The van der Waals surface area contributed by atoms with Gasteiger partial charge in [0.05, 0.1) is 6.10 Å². The first kappa shape index (κ1) is 17.0. The smallest absolute Gasteiger partial charge is 0.244 e. The number of aryl methyl sites for hydroxylation is 1. The lowest BCUT2D eigenvalue weighted by molar-refractivity contribution is -0.139. The Kier molecular flexibility index (Phi) is 5.98. The first-order chi connectivity index (χ1) is 10.5. The maximum atomic E-state index is 13.0. The molecular formula is C18H28N2O2. The Morgan fingerprint density at radius 1 is 1.36 bits per heavy atom. The van der Waals surface area contributed by atoms with Crippen molar-refractivity contribution in [2.45, 2.75) is 38.8 Å². The lowest BCUT2D eigenvalue weighted by Crippen LogP contribution is -2.45. The van der Waals surface area contributed by atoms with Crippen LogP contribution in [-0.4, -0.2) is 55.6 Å². The molecule has 1 amide bonds. The third-order valence-electron chi connectivity index (χ3n) is 4.26. The van der Waals surface area contributed by atoms with Crippen molar-refractivity contribution in [2.24, 2.45) is 0 Å². The van der Waals surface area contributed by atoms with Crippen molar-refractivity contribution in [3.8, 4) is 0 Å². The minimum absolute atomic E-state index is 0.200. The monoisotopic (exact) mass is 304 g/mol. The van der Waals surface area contributed by atoms with Gasteiger partial charge in [-0.2, -0.15) is 0 Å². The van der Waals surface area contributed by atoms with E-state index in [9.17, 15) is 4.79 Å². The van der Waals surface area contributed by atoms with Crippen LogP contribution < -0.4 is 0 Å². The van der Waals surface area contributed by atoms with Gasteiger partial charge in [0.15, 0.2) is 0 Å². The van der Waals surface area contributed by atoms with Crippen LogP contribution in [0.2, 0.25) is 0 Å². The zero-order valence-corrected chi connectivity index (χ0v) is 14.2. The molecular weight excluding hydrogens is 276 g/mol. The van der Waals surface area contributed by atoms with Gasteiger partial charge < -0.3 is 9.64 Å². The normalized spacial score (nSPS) is 17.8. The van der Waals surface area contributed by atoms with E-state index in [1.165, 1.54) is 5.56 Å². The number of carbonyl (C=O) groups is 1. The van der Waals surface area contributed by atoms with E-state index in [2.05, 4.69) is 19.1 Å². The Balaban J connectivity index is 2.08. The summed E-state index contributed by atoms with van der Waals surface area (Å²) in [6.45, 7) is 6.42. The minimum atomic E-state index is -0.205. The summed E-state index contributed by atoms with van der Waals surface area (Å²) in [6.07, 6.45) is 2.19. The number of rotatable bonds is 5. The number of likely N-dealkylation sites (tertiary alicyclic amines) is 1. The van der Waals surface area contributed by atoms with E-state index in [1.807, 2.05) is 43.0 Å². The molecule has 1 aliphatic heterocycles. The average Bonchev–Trinajstić information content (AvgIpc) is 2.48. The van der Waals surface area contributed by atoms with Crippen LogP contribution in [0, 0.1) is 6.92 Å². The van der Waals surface area contributed by atoms with Crippen molar-refractivity contribution < 1.29 is 9.53 Å². The molecule has 0 N–H and O–H groups in total. The molecule has 0 aromatic heterocycles. The maximum absolute atomic E-state index is 13.0. The summed E-state index contributed by atoms with van der Waals surface area (Å²) in [5.41, 5.74) is 2.26. The molecule has 0 aliphatic carbocycles. The summed E-state index contributed by atoms with van der Waals surface area (Å²) < 4.78 is 5.67. The number of piperidine rings is 1. The summed E-state index contributed by atoms with van der Waals surface area (Å²) in [5, 5.41) is 0. The second-order valence-corrected chi connectivity index (χ2v) is 6.26. The number of hydrogen-bond donors (Lipinski definition) is 0. The lowest BCUT2D eigenvalue weighted by Gasteiger charge is -2.36. The highest BCUT2D eigenvalue weighted by atomic mass is 16.5. The van der Waals surface area contributed by atoms with E-state index in [0.717, 1.165) is 38.1 Å². The largest absolute Gasteiger partial charge is 0.378 e. The number of ether oxygens (including phenoxy) is 1. The predicted molar refractivity (Wildman–Crippen MR) is 88.8 cm³/mol. The van der Waals surface area contributed by atoms with Gasteiger partial charge in [-0.05, 0) is 46.3 Å². The molecule has 1 atom stereocenters. The third kappa shape index (κ3) is 4.08. The van der Waals surface area contributed by atoms with E-state index in [4.69, 9.17) is 4.74 Å². The standard InChI is InChI=1S/C18H28N2O2/c1-5-22-16-9-11-20(12-10-16)18(21)17(19(3)4)15-8-6-7-14(2)13-15/h6-8,13,16-17H,5,9-12H2,1-4H3. The number of amides is 1. The molecule has 1 aliphatic rings. The predicted octanol–water partition coefficient (Wildman–Crippen LogP) is 2.63. The fourth-order valence-corrected chi connectivity index (χ4v) is 3.15. The lowest BCUT2D eigenvalue weighted by atomic mass is 10.0. The van der Waals surface area contributed by atoms with Gasteiger partial charge in [-0.25, -0.2) is 0 Å². The van der Waals surface area contributed by atoms with Crippen molar-refractivity contribution in [1.82, 2.24) is 9.80 Å². The molecule has 0 spiro atoms. The Bertz CT molecular complexity index is 494. The minimum Gasteiger partial charge on any atom is -0.378 e. The van der Waals surface area contributed by atoms with E-state index in [0.29, 0.717) is 6.10 Å². The quantitative estimate of drug-likeness (QED) is 0.838. The molecule has 1 unspecified atom stereocenters. The number of benzene rings is 1. The van der Waals surface area contributed by atoms with Crippen molar-refractivity contribution in [3.63, 3.8) is 0 Å². The van der Waals surface area contributed by atoms with Crippen LogP contribution in [0.1, 0.15) is 36.9 Å². The van der Waals surface area contributed by atoms with Crippen LogP contribution in [0.5, 0.6) is 0 Å². The molecule has 1 fully saturated rings. The number of nitrogens with zero attached hydrogens (tertiary/aromatic N) is 2. The third-order valence-corrected chi connectivity index (χ3v) is 4.26. The zero-order valence-electron chi connectivity index (χ0n) is 14.2. The van der Waals surface area contributed by atoms with Gasteiger partial charge in [-0.3, -0.25) is 9.69 Å². The number of carbonyl (C=O) groups excluding carboxylic acids is 1. The molecule has 0 bridgehead atoms. The van der Waals surface area contributed by atoms with E-state index >= 15 is 0 Å². The van der Waals surface area contributed by atoms with Gasteiger partial charge in [-0.1, -0.05) is 29.8 Å². The Morgan fingerprint density at radius 2 is 2.05 bits per heavy atom. The molecule has 1 heterocycles. The van der Waals surface area contributed by atoms with Crippen LogP contribution >= 0.6 is 0 Å². The van der Waals surface area contributed by atoms with Gasteiger partial charge in [0.25, 0.3) is 0 Å². The molecule has 22 heavy (non-hydrogen) atoms. The van der Waals surface area contributed by atoms with Crippen molar-refractivity contribution >= 4 is 5.91 Å². The molecule has 122 valence electrons. The van der Waals surface area contributed by atoms with Gasteiger partial charge in [0.2, 0.25) is 5.91 Å². The Hall–Kier alpha value is -1.39. The van der Waals surface area contributed by atoms with Gasteiger partial charge in [-0.15, -0.1) is 0 Å². The van der Waals surface area contributed by atoms with E-state index in [-0.39, 0.29) is 11.9 Å². The summed E-state index contributed by atoms with van der Waals surface area (Å²) in [4.78, 5) is 17.0. The van der Waals surface area contributed by atoms with Crippen LogP contribution in [0.4, 0.5) is 0 Å². The molecule has 0 radical (unpaired) electrons. The second-order valence-electron chi connectivity index (χ2n) is 6.26. The highest BCUT2D eigenvalue weighted by molar-refractivity contribution is 5.83. The molecule has 4 heteroatoms.